The fourth-order valence-electron chi connectivity index (χ4n) is 2.99. The summed E-state index contributed by atoms with van der Waals surface area (Å²) in [4.78, 5) is 14.4. The molecule has 0 aromatic carbocycles. The summed E-state index contributed by atoms with van der Waals surface area (Å²) in [6.07, 6.45) is 6.98. The van der Waals surface area contributed by atoms with Gasteiger partial charge in [0.1, 0.15) is 0 Å². The van der Waals surface area contributed by atoms with Gasteiger partial charge in [-0.05, 0) is 64.6 Å². The quantitative estimate of drug-likeness (QED) is 0.798. The first kappa shape index (κ1) is 12.9. The van der Waals surface area contributed by atoms with Crippen LogP contribution in [0.3, 0.4) is 0 Å². The molecule has 0 unspecified atom stereocenters. The monoisotopic (exact) mass is 238 g/mol. The molecule has 2 aliphatic rings. The van der Waals surface area contributed by atoms with Crippen molar-refractivity contribution in [2.24, 2.45) is 11.8 Å². The van der Waals surface area contributed by atoms with Crippen LogP contribution in [0, 0.1) is 11.8 Å². The Balaban J connectivity index is 1.73. The molecule has 98 valence electrons. The second-order valence-corrected chi connectivity index (χ2v) is 6.04. The van der Waals surface area contributed by atoms with Crippen molar-refractivity contribution in [1.29, 1.82) is 0 Å². The van der Waals surface area contributed by atoms with Crippen LogP contribution in [-0.4, -0.2) is 37.0 Å². The summed E-state index contributed by atoms with van der Waals surface area (Å²) in [6.45, 7) is 4.45. The molecule has 0 aromatic rings. The van der Waals surface area contributed by atoms with Crippen molar-refractivity contribution in [2.45, 2.75) is 51.5 Å². The van der Waals surface area contributed by atoms with Crippen molar-refractivity contribution in [3.63, 3.8) is 0 Å². The number of nitrogens with one attached hydrogen (secondary N) is 1. The molecule has 0 radical (unpaired) electrons. The smallest absolute Gasteiger partial charge is 0.223 e. The molecule has 3 nitrogen and oxygen atoms in total. The highest BCUT2D eigenvalue weighted by Crippen LogP contribution is 2.24. The van der Waals surface area contributed by atoms with Crippen molar-refractivity contribution < 1.29 is 4.79 Å². The van der Waals surface area contributed by atoms with Gasteiger partial charge in [0.15, 0.2) is 0 Å². The zero-order chi connectivity index (χ0) is 12.3. The second kappa shape index (κ2) is 5.85. The average molecular weight is 238 g/mol. The van der Waals surface area contributed by atoms with Gasteiger partial charge >= 0.3 is 0 Å². The first-order valence-electron chi connectivity index (χ1n) is 7.14. The molecule has 17 heavy (non-hydrogen) atoms. The van der Waals surface area contributed by atoms with Gasteiger partial charge in [-0.2, -0.15) is 0 Å². The summed E-state index contributed by atoms with van der Waals surface area (Å²) in [7, 11) is 2.14. The van der Waals surface area contributed by atoms with Gasteiger partial charge in [0.25, 0.3) is 0 Å². The van der Waals surface area contributed by atoms with E-state index in [2.05, 4.69) is 24.2 Å². The van der Waals surface area contributed by atoms with Gasteiger partial charge in [0, 0.05) is 12.0 Å². The maximum atomic E-state index is 12.1. The lowest BCUT2D eigenvalue weighted by Crippen LogP contribution is -2.44. The SMILES string of the molecule is CC1CCC(NC(=O)C2CCN(C)CC2)CC1. The van der Waals surface area contributed by atoms with Gasteiger partial charge < -0.3 is 10.2 Å². The zero-order valence-corrected chi connectivity index (χ0v) is 11.2. The minimum absolute atomic E-state index is 0.269. The van der Waals surface area contributed by atoms with E-state index in [1.165, 1.54) is 25.7 Å². The second-order valence-electron chi connectivity index (χ2n) is 6.04. The Morgan fingerprint density at radius 3 is 2.24 bits per heavy atom. The van der Waals surface area contributed by atoms with E-state index in [4.69, 9.17) is 0 Å². The average Bonchev–Trinajstić information content (AvgIpc) is 2.33. The van der Waals surface area contributed by atoms with Gasteiger partial charge in [-0.15, -0.1) is 0 Å². The third-order valence-electron chi connectivity index (χ3n) is 4.45. The lowest BCUT2D eigenvalue weighted by molar-refractivity contribution is -0.127. The standard InChI is InChI=1S/C14H26N2O/c1-11-3-5-13(6-4-11)15-14(17)12-7-9-16(2)10-8-12/h11-13H,3-10H2,1-2H3,(H,15,17). The van der Waals surface area contributed by atoms with Crippen molar-refractivity contribution in [3.05, 3.63) is 0 Å². The summed E-state index contributed by atoms with van der Waals surface area (Å²) in [5.74, 6) is 1.44. The topological polar surface area (TPSA) is 32.3 Å². The Bertz CT molecular complexity index is 251. The molecule has 1 heterocycles. The number of carbonyl (C=O) groups excluding carboxylic acids is 1. The molecule has 1 amide bonds. The molecule has 2 rings (SSSR count). The molecule has 1 N–H and O–H groups in total. The number of likely N-dealkylation sites (tertiary alicyclic amines) is 1. The van der Waals surface area contributed by atoms with E-state index in [9.17, 15) is 4.79 Å². The Morgan fingerprint density at radius 2 is 1.65 bits per heavy atom. The van der Waals surface area contributed by atoms with Crippen LogP contribution in [0.15, 0.2) is 0 Å². The molecule has 1 aliphatic heterocycles. The summed E-state index contributed by atoms with van der Waals surface area (Å²) >= 11 is 0. The number of nitrogens with zero attached hydrogens (tertiary/aromatic N) is 1. The van der Waals surface area contributed by atoms with E-state index in [1.807, 2.05) is 0 Å². The molecule has 0 spiro atoms. The minimum Gasteiger partial charge on any atom is -0.353 e. The van der Waals surface area contributed by atoms with Crippen LogP contribution in [-0.2, 0) is 4.79 Å². The molecule has 0 bridgehead atoms. The number of hydrogen-bond acceptors (Lipinski definition) is 2. The van der Waals surface area contributed by atoms with Crippen LogP contribution < -0.4 is 5.32 Å². The first-order chi connectivity index (χ1) is 8.15. The number of piperidine rings is 1. The highest BCUT2D eigenvalue weighted by molar-refractivity contribution is 5.79. The Labute approximate surface area is 105 Å². The van der Waals surface area contributed by atoms with E-state index < -0.39 is 0 Å². The number of rotatable bonds is 2. The Hall–Kier alpha value is -0.570. The highest BCUT2D eigenvalue weighted by Gasteiger charge is 2.26. The third-order valence-corrected chi connectivity index (χ3v) is 4.45. The third kappa shape index (κ3) is 3.70. The van der Waals surface area contributed by atoms with E-state index >= 15 is 0 Å². The first-order valence-corrected chi connectivity index (χ1v) is 7.14. The molecular weight excluding hydrogens is 212 g/mol. The van der Waals surface area contributed by atoms with Crippen LogP contribution in [0.2, 0.25) is 0 Å². The predicted molar refractivity (Wildman–Crippen MR) is 69.8 cm³/mol. The van der Waals surface area contributed by atoms with Crippen molar-refractivity contribution >= 4 is 5.91 Å². The fourth-order valence-corrected chi connectivity index (χ4v) is 2.99. The van der Waals surface area contributed by atoms with Crippen LogP contribution in [0.4, 0.5) is 0 Å². The minimum atomic E-state index is 0.269. The zero-order valence-electron chi connectivity index (χ0n) is 11.2. The molecule has 0 aromatic heterocycles. The number of hydrogen-bond donors (Lipinski definition) is 1. The summed E-state index contributed by atoms with van der Waals surface area (Å²) in [5.41, 5.74) is 0. The van der Waals surface area contributed by atoms with E-state index in [1.54, 1.807) is 0 Å². The summed E-state index contributed by atoms with van der Waals surface area (Å²) in [6, 6.07) is 0.457. The van der Waals surface area contributed by atoms with Gasteiger partial charge in [0.2, 0.25) is 5.91 Å². The number of amides is 1. The van der Waals surface area contributed by atoms with Crippen molar-refractivity contribution in [3.8, 4) is 0 Å². The van der Waals surface area contributed by atoms with Crippen molar-refractivity contribution in [1.82, 2.24) is 10.2 Å². The van der Waals surface area contributed by atoms with Crippen LogP contribution in [0.5, 0.6) is 0 Å². The molecule has 1 saturated heterocycles. The molecule has 2 fully saturated rings. The Morgan fingerprint density at radius 1 is 1.06 bits per heavy atom. The van der Waals surface area contributed by atoms with Crippen molar-refractivity contribution in [2.75, 3.05) is 20.1 Å². The highest BCUT2D eigenvalue weighted by atomic mass is 16.1. The maximum Gasteiger partial charge on any atom is 0.223 e. The lowest BCUT2D eigenvalue weighted by Gasteiger charge is -2.31. The Kier molecular flexibility index (Phi) is 4.43. The van der Waals surface area contributed by atoms with Crippen LogP contribution in [0.25, 0.3) is 0 Å². The van der Waals surface area contributed by atoms with Crippen LogP contribution in [0.1, 0.15) is 45.4 Å². The van der Waals surface area contributed by atoms with Gasteiger partial charge in [-0.3, -0.25) is 4.79 Å². The normalized spacial score (nSPS) is 32.4. The molecule has 0 atom stereocenters. The van der Waals surface area contributed by atoms with Gasteiger partial charge in [-0.25, -0.2) is 0 Å². The van der Waals surface area contributed by atoms with Gasteiger partial charge in [0.05, 0.1) is 0 Å². The predicted octanol–water partition coefficient (Wildman–Crippen LogP) is 2.02. The van der Waals surface area contributed by atoms with Crippen LogP contribution >= 0.6 is 0 Å². The summed E-state index contributed by atoms with van der Waals surface area (Å²) in [5, 5.41) is 3.27. The molecule has 1 aliphatic carbocycles. The molecular formula is C14H26N2O. The lowest BCUT2D eigenvalue weighted by atomic mass is 9.86. The van der Waals surface area contributed by atoms with Gasteiger partial charge in [-0.1, -0.05) is 6.92 Å². The van der Waals surface area contributed by atoms with E-state index in [-0.39, 0.29) is 5.92 Å². The molecule has 3 heteroatoms. The van der Waals surface area contributed by atoms with E-state index in [0.29, 0.717) is 11.9 Å². The summed E-state index contributed by atoms with van der Waals surface area (Å²) < 4.78 is 0. The maximum absolute atomic E-state index is 12.1. The fraction of sp³-hybridized carbons (Fsp3) is 0.929. The number of carbonyl (C=O) groups is 1. The van der Waals surface area contributed by atoms with E-state index in [0.717, 1.165) is 31.8 Å². The largest absolute Gasteiger partial charge is 0.353 e. The molecule has 1 saturated carbocycles.